The number of benzene rings is 2. The maximum absolute atomic E-state index is 11.4. The zero-order chi connectivity index (χ0) is 30.0. The number of aromatic nitrogens is 2. The average Bonchev–Trinajstić information content (AvgIpc) is 3.47. The maximum Gasteiger partial charge on any atom is 0.267 e. The van der Waals surface area contributed by atoms with Crippen molar-refractivity contribution in [3.8, 4) is 17.2 Å². The first kappa shape index (κ1) is 31.0. The van der Waals surface area contributed by atoms with Crippen molar-refractivity contribution in [2.75, 3.05) is 38.8 Å². The van der Waals surface area contributed by atoms with E-state index in [0.717, 1.165) is 43.6 Å². The van der Waals surface area contributed by atoms with E-state index >= 15 is 0 Å². The number of carbonyl (C=O) groups is 1. The van der Waals surface area contributed by atoms with E-state index in [9.17, 15) is 13.2 Å². The van der Waals surface area contributed by atoms with Crippen LogP contribution in [0.1, 0.15) is 48.0 Å². The highest BCUT2D eigenvalue weighted by Gasteiger charge is 2.25. The molecule has 0 bridgehead atoms. The maximum atomic E-state index is 11.4. The van der Waals surface area contributed by atoms with Crippen LogP contribution in [0.3, 0.4) is 0 Å². The lowest BCUT2D eigenvalue weighted by molar-refractivity contribution is -0.124. The Morgan fingerprint density at radius 2 is 1.90 bits per heavy atom. The molecule has 0 radical (unpaired) electrons. The first-order chi connectivity index (χ1) is 20.2. The fourth-order valence-electron chi connectivity index (χ4n) is 4.56. The number of hydrogen-bond donors (Lipinski definition) is 2. The normalized spacial score (nSPS) is 14.6. The van der Waals surface area contributed by atoms with Gasteiger partial charge in [-0.05, 0) is 73.8 Å². The third-order valence-electron chi connectivity index (χ3n) is 6.77. The second kappa shape index (κ2) is 14.8. The molecular formula is C29H36N4O8S. The number of hydrogen-bond acceptors (Lipinski definition) is 11. The Balaban J connectivity index is 1.23. The van der Waals surface area contributed by atoms with Crippen LogP contribution in [-0.2, 0) is 27.8 Å². The topological polar surface area (TPSA) is 153 Å². The lowest BCUT2D eigenvalue weighted by atomic mass is 9.96. The van der Waals surface area contributed by atoms with Gasteiger partial charge in [-0.3, -0.25) is 14.9 Å². The minimum absolute atomic E-state index is 0.0845. The number of rotatable bonds is 14. The first-order valence-corrected chi connectivity index (χ1v) is 15.7. The minimum Gasteiger partial charge on any atom is -0.493 e. The van der Waals surface area contributed by atoms with Gasteiger partial charge in [0.15, 0.2) is 23.9 Å². The van der Waals surface area contributed by atoms with E-state index in [2.05, 4.69) is 15.0 Å². The average molecular weight is 601 g/mol. The van der Waals surface area contributed by atoms with Gasteiger partial charge in [0.05, 0.1) is 19.5 Å². The third-order valence-corrected chi connectivity index (χ3v) is 7.80. The third kappa shape index (κ3) is 9.57. The molecule has 0 aliphatic carbocycles. The highest BCUT2D eigenvalue weighted by molar-refractivity contribution is 7.90. The van der Waals surface area contributed by atoms with Crippen LogP contribution < -0.4 is 19.7 Å². The molecule has 1 amide bonds. The molecule has 42 heavy (non-hydrogen) atoms. The molecule has 1 aliphatic rings. The van der Waals surface area contributed by atoms with Gasteiger partial charge in [0.2, 0.25) is 0 Å². The van der Waals surface area contributed by atoms with Crippen molar-refractivity contribution >= 4 is 21.8 Å². The number of nitrogens with one attached hydrogen (secondary N) is 1. The largest absolute Gasteiger partial charge is 0.493 e. The molecule has 1 aliphatic heterocycles. The zero-order valence-electron chi connectivity index (χ0n) is 23.7. The molecule has 0 atom stereocenters. The Labute approximate surface area is 245 Å². The number of likely N-dealkylation sites (tertiary alicyclic amines) is 1. The first-order valence-electron chi connectivity index (χ1n) is 13.6. The molecule has 2 heterocycles. The van der Waals surface area contributed by atoms with Gasteiger partial charge in [0.25, 0.3) is 11.8 Å². The molecule has 4 rings (SSSR count). The van der Waals surface area contributed by atoms with E-state index in [1.807, 2.05) is 18.2 Å². The number of sulfone groups is 1. The van der Waals surface area contributed by atoms with Crippen molar-refractivity contribution in [3.05, 3.63) is 71.4 Å². The molecule has 0 saturated carbocycles. The van der Waals surface area contributed by atoms with Crippen LogP contribution in [0.25, 0.3) is 6.08 Å². The molecule has 1 saturated heterocycles. The van der Waals surface area contributed by atoms with Gasteiger partial charge in [-0.1, -0.05) is 23.4 Å². The van der Waals surface area contributed by atoms with Crippen molar-refractivity contribution in [2.24, 2.45) is 0 Å². The summed E-state index contributed by atoms with van der Waals surface area (Å²) < 4.78 is 45.2. The number of ether oxygens (including phenoxy) is 3. The van der Waals surface area contributed by atoms with Gasteiger partial charge in [-0.15, -0.1) is 0 Å². The second-order valence-corrected chi connectivity index (χ2v) is 12.3. The predicted molar refractivity (Wildman–Crippen MR) is 154 cm³/mol. The Kier molecular flexibility index (Phi) is 10.9. The molecule has 12 nitrogen and oxygen atoms in total. The van der Waals surface area contributed by atoms with Gasteiger partial charge in [0, 0.05) is 24.8 Å². The molecule has 1 fully saturated rings. The summed E-state index contributed by atoms with van der Waals surface area (Å²) in [5.74, 6) is 2.61. The van der Waals surface area contributed by atoms with Crippen molar-refractivity contribution in [1.29, 1.82) is 0 Å². The van der Waals surface area contributed by atoms with Crippen LogP contribution in [0.15, 0.2) is 53.1 Å². The number of hydroxylamine groups is 1. The van der Waals surface area contributed by atoms with Gasteiger partial charge in [0.1, 0.15) is 15.6 Å². The van der Waals surface area contributed by atoms with E-state index in [-0.39, 0.29) is 18.3 Å². The molecule has 3 aromatic rings. The molecule has 13 heteroatoms. The van der Waals surface area contributed by atoms with Gasteiger partial charge < -0.3 is 18.7 Å². The lowest BCUT2D eigenvalue weighted by Crippen LogP contribution is -2.32. The summed E-state index contributed by atoms with van der Waals surface area (Å²) in [7, 11) is -1.44. The predicted octanol–water partition coefficient (Wildman–Crippen LogP) is 3.37. The van der Waals surface area contributed by atoms with Crippen molar-refractivity contribution < 1.29 is 37.2 Å². The SMILES string of the molecule is COc1ccc(CN2CCC(c3noc(COc4ccc(C=CC(=O)NO)cc4)n3)CC2)cc1OCCCS(C)(=O)=O. The van der Waals surface area contributed by atoms with Crippen molar-refractivity contribution in [1.82, 2.24) is 20.5 Å². The zero-order valence-corrected chi connectivity index (χ0v) is 24.5. The molecule has 1 aromatic heterocycles. The minimum atomic E-state index is -3.02. The highest BCUT2D eigenvalue weighted by Crippen LogP contribution is 2.31. The van der Waals surface area contributed by atoms with Crippen LogP contribution in [0.2, 0.25) is 0 Å². The molecule has 2 N–H and O–H groups in total. The summed E-state index contributed by atoms with van der Waals surface area (Å²) in [6.07, 6.45) is 6.23. The van der Waals surface area contributed by atoms with Crippen LogP contribution in [0.4, 0.5) is 0 Å². The molecule has 2 aromatic carbocycles. The highest BCUT2D eigenvalue weighted by atomic mass is 32.2. The lowest BCUT2D eigenvalue weighted by Gasteiger charge is -2.30. The fraction of sp³-hybridized carbons (Fsp3) is 0.414. The Morgan fingerprint density at radius 1 is 1.14 bits per heavy atom. The summed E-state index contributed by atoms with van der Waals surface area (Å²) in [5.41, 5.74) is 3.41. The smallest absolute Gasteiger partial charge is 0.267 e. The summed E-state index contributed by atoms with van der Waals surface area (Å²) in [5, 5.41) is 12.7. The van der Waals surface area contributed by atoms with E-state index < -0.39 is 15.7 Å². The quantitative estimate of drug-likeness (QED) is 0.121. The van der Waals surface area contributed by atoms with E-state index in [1.165, 1.54) is 12.3 Å². The van der Waals surface area contributed by atoms with Crippen LogP contribution in [0.5, 0.6) is 17.2 Å². The summed E-state index contributed by atoms with van der Waals surface area (Å²) in [6.45, 7) is 2.95. The van der Waals surface area contributed by atoms with Crippen LogP contribution in [0, 0.1) is 0 Å². The molecule has 226 valence electrons. The van der Waals surface area contributed by atoms with Crippen molar-refractivity contribution in [2.45, 2.75) is 38.3 Å². The number of piperidine rings is 1. The van der Waals surface area contributed by atoms with Gasteiger partial charge in [-0.25, -0.2) is 13.9 Å². The Bertz CT molecular complexity index is 1450. The van der Waals surface area contributed by atoms with Crippen LogP contribution in [-0.4, -0.2) is 73.4 Å². The fourth-order valence-corrected chi connectivity index (χ4v) is 5.21. The van der Waals surface area contributed by atoms with E-state index in [4.69, 9.17) is 23.9 Å². The molecular weight excluding hydrogens is 564 g/mol. The Hall–Kier alpha value is -3.94. The second-order valence-electron chi connectivity index (χ2n) is 10.1. The number of nitrogens with zero attached hydrogens (tertiary/aromatic N) is 3. The molecule has 0 spiro atoms. The standard InChI is InChI=1S/C29H36N4O8S/c1-38-25-10-6-22(18-26(25)39-16-3-17-42(2,36)37)19-33-14-12-23(13-15-33)29-30-28(41-32-29)20-40-24-8-4-21(5-9-24)7-11-27(34)31-35/h4-11,18,23,35H,3,12-17,19-20H2,1-2H3,(H,31,34). The summed E-state index contributed by atoms with van der Waals surface area (Å²) in [4.78, 5) is 18.0. The summed E-state index contributed by atoms with van der Waals surface area (Å²) in [6, 6.07) is 12.9. The van der Waals surface area contributed by atoms with Crippen molar-refractivity contribution in [3.63, 3.8) is 0 Å². The van der Waals surface area contributed by atoms with Gasteiger partial charge >= 0.3 is 0 Å². The monoisotopic (exact) mass is 600 g/mol. The van der Waals surface area contributed by atoms with Crippen LogP contribution >= 0.6 is 0 Å². The number of methoxy groups -OCH3 is 1. The van der Waals surface area contributed by atoms with Gasteiger partial charge in [-0.2, -0.15) is 4.98 Å². The van der Waals surface area contributed by atoms with E-state index in [1.54, 1.807) is 42.9 Å². The number of carbonyl (C=O) groups excluding carboxylic acids is 1. The summed E-state index contributed by atoms with van der Waals surface area (Å²) >= 11 is 0. The number of amides is 1. The molecule has 0 unspecified atom stereocenters. The van der Waals surface area contributed by atoms with E-state index in [0.29, 0.717) is 42.0 Å². The Morgan fingerprint density at radius 3 is 2.60 bits per heavy atom.